The minimum absolute atomic E-state index is 0.255. The summed E-state index contributed by atoms with van der Waals surface area (Å²) < 4.78 is 1.66. The van der Waals surface area contributed by atoms with E-state index in [1.165, 1.54) is 0 Å². The van der Waals surface area contributed by atoms with Gasteiger partial charge >= 0.3 is 5.97 Å². The fourth-order valence-electron chi connectivity index (χ4n) is 1.85. The Labute approximate surface area is 98.3 Å². The van der Waals surface area contributed by atoms with Crippen LogP contribution in [0, 0.1) is 0 Å². The van der Waals surface area contributed by atoms with Crippen LogP contribution in [0.3, 0.4) is 0 Å². The molecule has 16 heavy (non-hydrogen) atoms. The molecule has 0 radical (unpaired) electrons. The first-order chi connectivity index (χ1) is 7.54. The molecule has 0 bridgehead atoms. The lowest BCUT2D eigenvalue weighted by Gasteiger charge is -2.03. The summed E-state index contributed by atoms with van der Waals surface area (Å²) in [5, 5.41) is 10.4. The number of rotatable bonds is 2. The van der Waals surface area contributed by atoms with Crippen molar-refractivity contribution in [3.63, 3.8) is 0 Å². The maximum Gasteiger partial charge on any atom is 0.352 e. The molecule has 1 heterocycles. The van der Waals surface area contributed by atoms with Crippen LogP contribution in [-0.2, 0) is 13.5 Å². The lowest BCUT2D eigenvalue weighted by atomic mass is 10.1. The monoisotopic (exact) mass is 237 g/mol. The molecule has 1 aromatic heterocycles. The number of benzene rings is 1. The lowest BCUT2D eigenvalue weighted by Crippen LogP contribution is -2.03. The minimum Gasteiger partial charge on any atom is -0.477 e. The Morgan fingerprint density at radius 1 is 1.44 bits per heavy atom. The van der Waals surface area contributed by atoms with Gasteiger partial charge in [-0.3, -0.25) is 0 Å². The predicted octanol–water partition coefficient (Wildman–Crippen LogP) is 3.09. The highest BCUT2D eigenvalue weighted by Gasteiger charge is 2.14. The molecule has 0 aliphatic heterocycles. The topological polar surface area (TPSA) is 42.2 Å². The largest absolute Gasteiger partial charge is 0.477 e. The van der Waals surface area contributed by atoms with Gasteiger partial charge < -0.3 is 9.67 Å². The van der Waals surface area contributed by atoms with E-state index in [0.717, 1.165) is 22.9 Å². The molecule has 0 aliphatic rings. The zero-order valence-corrected chi connectivity index (χ0v) is 9.88. The van der Waals surface area contributed by atoms with Gasteiger partial charge in [-0.15, -0.1) is 0 Å². The molecule has 0 atom stereocenters. The highest BCUT2D eigenvalue weighted by molar-refractivity contribution is 6.35. The number of hydrogen-bond donors (Lipinski definition) is 1. The number of aryl methyl sites for hydroxylation is 2. The molecular formula is C12H12ClNO2. The summed E-state index contributed by atoms with van der Waals surface area (Å²) in [4.78, 5) is 11.0. The van der Waals surface area contributed by atoms with Crippen LogP contribution >= 0.6 is 11.6 Å². The van der Waals surface area contributed by atoms with Gasteiger partial charge in [0, 0.05) is 12.4 Å². The van der Waals surface area contributed by atoms with Crippen LogP contribution in [0.1, 0.15) is 23.0 Å². The third kappa shape index (κ3) is 1.57. The predicted molar refractivity (Wildman–Crippen MR) is 64.3 cm³/mol. The number of fused-ring (bicyclic) bond motifs is 1. The fourth-order valence-corrected chi connectivity index (χ4v) is 2.14. The van der Waals surface area contributed by atoms with Gasteiger partial charge in [0.25, 0.3) is 0 Å². The third-order valence-electron chi connectivity index (χ3n) is 2.80. The SMILES string of the molecule is CCc1cc(Cl)c2cc(C(=O)O)n(C)c2c1. The first-order valence-corrected chi connectivity index (χ1v) is 5.43. The number of carboxylic acids is 1. The van der Waals surface area contributed by atoms with E-state index >= 15 is 0 Å². The second kappa shape index (κ2) is 3.83. The molecule has 0 amide bonds. The van der Waals surface area contributed by atoms with E-state index in [4.69, 9.17) is 16.7 Å². The van der Waals surface area contributed by atoms with Crippen molar-refractivity contribution in [1.82, 2.24) is 4.57 Å². The quantitative estimate of drug-likeness (QED) is 0.872. The van der Waals surface area contributed by atoms with Gasteiger partial charge in [0.15, 0.2) is 0 Å². The molecule has 1 N–H and O–H groups in total. The van der Waals surface area contributed by atoms with Crippen LogP contribution in [-0.4, -0.2) is 15.6 Å². The Kier molecular flexibility index (Phi) is 2.64. The van der Waals surface area contributed by atoms with Gasteiger partial charge in [0.05, 0.1) is 10.5 Å². The first kappa shape index (κ1) is 11.0. The minimum atomic E-state index is -0.937. The Morgan fingerprint density at radius 3 is 2.69 bits per heavy atom. The first-order valence-electron chi connectivity index (χ1n) is 5.05. The molecule has 84 valence electrons. The maximum atomic E-state index is 11.0. The Hall–Kier alpha value is -1.48. The molecule has 0 fully saturated rings. The van der Waals surface area contributed by atoms with E-state index in [-0.39, 0.29) is 5.69 Å². The van der Waals surface area contributed by atoms with Crippen molar-refractivity contribution >= 4 is 28.5 Å². The lowest BCUT2D eigenvalue weighted by molar-refractivity contribution is 0.0687. The van der Waals surface area contributed by atoms with Crippen molar-refractivity contribution in [2.24, 2.45) is 7.05 Å². The van der Waals surface area contributed by atoms with Crippen LogP contribution in [0.5, 0.6) is 0 Å². The summed E-state index contributed by atoms with van der Waals surface area (Å²) in [5.74, 6) is -0.937. The molecule has 3 nitrogen and oxygen atoms in total. The summed E-state index contributed by atoms with van der Waals surface area (Å²) in [7, 11) is 1.74. The Balaban J connectivity index is 2.81. The number of aromatic carboxylic acids is 1. The summed E-state index contributed by atoms with van der Waals surface area (Å²) in [5.41, 5.74) is 2.22. The summed E-state index contributed by atoms with van der Waals surface area (Å²) in [6.07, 6.45) is 0.878. The van der Waals surface area contributed by atoms with Gasteiger partial charge in [-0.25, -0.2) is 4.79 Å². The van der Waals surface area contributed by atoms with E-state index in [2.05, 4.69) is 0 Å². The average Bonchev–Trinajstić information content (AvgIpc) is 2.57. The van der Waals surface area contributed by atoms with Crippen molar-refractivity contribution in [2.75, 3.05) is 0 Å². The van der Waals surface area contributed by atoms with E-state index < -0.39 is 5.97 Å². The Bertz CT molecular complexity index is 572. The highest BCUT2D eigenvalue weighted by Crippen LogP contribution is 2.28. The van der Waals surface area contributed by atoms with Gasteiger partial charge in [-0.2, -0.15) is 0 Å². The number of aromatic nitrogens is 1. The molecule has 0 aliphatic carbocycles. The molecule has 0 spiro atoms. The van der Waals surface area contributed by atoms with Gasteiger partial charge in [0.1, 0.15) is 5.69 Å². The van der Waals surface area contributed by atoms with Crippen LogP contribution in [0.2, 0.25) is 5.02 Å². The standard InChI is InChI=1S/C12H12ClNO2/c1-3-7-4-9(13)8-6-11(12(15)16)14(2)10(8)5-7/h4-6H,3H2,1-2H3,(H,15,16). The van der Waals surface area contributed by atoms with Crippen molar-refractivity contribution in [2.45, 2.75) is 13.3 Å². The molecule has 4 heteroatoms. The number of halogens is 1. The normalized spacial score (nSPS) is 10.9. The van der Waals surface area contributed by atoms with Crippen molar-refractivity contribution in [3.8, 4) is 0 Å². The maximum absolute atomic E-state index is 11.0. The van der Waals surface area contributed by atoms with E-state index in [0.29, 0.717) is 5.02 Å². The number of carboxylic acid groups (broad SMARTS) is 1. The van der Waals surface area contributed by atoms with E-state index in [1.807, 2.05) is 19.1 Å². The molecule has 0 saturated carbocycles. The van der Waals surface area contributed by atoms with Crippen molar-refractivity contribution in [3.05, 3.63) is 34.5 Å². The smallest absolute Gasteiger partial charge is 0.352 e. The molecular weight excluding hydrogens is 226 g/mol. The zero-order chi connectivity index (χ0) is 11.9. The highest BCUT2D eigenvalue weighted by atomic mass is 35.5. The number of hydrogen-bond acceptors (Lipinski definition) is 1. The van der Waals surface area contributed by atoms with Gasteiger partial charge in [-0.05, 0) is 30.2 Å². The molecule has 2 rings (SSSR count). The van der Waals surface area contributed by atoms with Crippen LogP contribution < -0.4 is 0 Å². The van der Waals surface area contributed by atoms with Crippen LogP contribution in [0.25, 0.3) is 10.9 Å². The number of carbonyl (C=O) groups is 1. The van der Waals surface area contributed by atoms with Crippen LogP contribution in [0.4, 0.5) is 0 Å². The Morgan fingerprint density at radius 2 is 2.12 bits per heavy atom. The zero-order valence-electron chi connectivity index (χ0n) is 9.12. The third-order valence-corrected chi connectivity index (χ3v) is 3.11. The second-order valence-electron chi connectivity index (χ2n) is 3.76. The summed E-state index contributed by atoms with van der Waals surface area (Å²) in [6.45, 7) is 2.04. The van der Waals surface area contributed by atoms with E-state index in [9.17, 15) is 4.79 Å². The van der Waals surface area contributed by atoms with E-state index in [1.54, 1.807) is 17.7 Å². The molecule has 0 unspecified atom stereocenters. The fraction of sp³-hybridized carbons (Fsp3) is 0.250. The summed E-state index contributed by atoms with van der Waals surface area (Å²) >= 11 is 6.12. The van der Waals surface area contributed by atoms with Crippen LogP contribution in [0.15, 0.2) is 18.2 Å². The molecule has 0 saturated heterocycles. The molecule has 2 aromatic rings. The average molecular weight is 238 g/mol. The van der Waals surface area contributed by atoms with Gasteiger partial charge in [-0.1, -0.05) is 18.5 Å². The summed E-state index contributed by atoms with van der Waals surface area (Å²) in [6, 6.07) is 5.47. The number of nitrogens with zero attached hydrogens (tertiary/aromatic N) is 1. The second-order valence-corrected chi connectivity index (χ2v) is 4.16. The van der Waals surface area contributed by atoms with Crippen molar-refractivity contribution in [1.29, 1.82) is 0 Å². The van der Waals surface area contributed by atoms with Gasteiger partial charge in [0.2, 0.25) is 0 Å². The molecule has 1 aromatic carbocycles. The van der Waals surface area contributed by atoms with Crippen molar-refractivity contribution < 1.29 is 9.90 Å².